The third kappa shape index (κ3) is 3.36. The summed E-state index contributed by atoms with van der Waals surface area (Å²) in [7, 11) is -1.51. The van der Waals surface area contributed by atoms with Gasteiger partial charge in [0, 0.05) is 17.9 Å². The van der Waals surface area contributed by atoms with Crippen LogP contribution >= 0.6 is 0 Å². The zero-order valence-electron chi connectivity index (χ0n) is 11.8. The lowest BCUT2D eigenvalue weighted by Gasteiger charge is -2.07. The Labute approximate surface area is 128 Å². The summed E-state index contributed by atoms with van der Waals surface area (Å²) in [5, 5.41) is 22.3. The van der Waals surface area contributed by atoms with Gasteiger partial charge in [-0.15, -0.1) is 0 Å². The lowest BCUT2D eigenvalue weighted by molar-refractivity contribution is 0.306. The smallest absolute Gasteiger partial charge is 0.489 e. The summed E-state index contributed by atoms with van der Waals surface area (Å²) in [5.41, 5.74) is 2.28. The molecule has 2 aromatic carbocycles. The number of hydrogen-bond donors (Lipinski definition) is 2. The van der Waals surface area contributed by atoms with E-state index in [4.69, 9.17) is 14.8 Å². The summed E-state index contributed by atoms with van der Waals surface area (Å²) in [4.78, 5) is 0. The Kier molecular flexibility index (Phi) is 4.23. The maximum atomic E-state index is 9.09. The second-order valence-electron chi connectivity index (χ2n) is 4.86. The summed E-state index contributed by atoms with van der Waals surface area (Å²) < 4.78 is 7.30. The Hall–Kier alpha value is -2.57. The Morgan fingerprint density at radius 3 is 2.36 bits per heavy atom. The van der Waals surface area contributed by atoms with Crippen LogP contribution in [0.25, 0.3) is 5.69 Å². The number of rotatable bonds is 5. The molecule has 0 saturated carbocycles. The fourth-order valence-electron chi connectivity index (χ4n) is 2.05. The minimum Gasteiger partial charge on any atom is -0.489 e. The van der Waals surface area contributed by atoms with Gasteiger partial charge in [-0.1, -0.05) is 30.3 Å². The van der Waals surface area contributed by atoms with Gasteiger partial charge in [-0.2, -0.15) is 5.10 Å². The summed E-state index contributed by atoms with van der Waals surface area (Å²) in [5.74, 6) is 0.766. The molecule has 0 radical (unpaired) electrons. The second-order valence-corrected chi connectivity index (χ2v) is 4.86. The van der Waals surface area contributed by atoms with E-state index in [1.54, 1.807) is 10.9 Å². The molecule has 6 heteroatoms. The fraction of sp³-hybridized carbons (Fsp3) is 0.0625. The monoisotopic (exact) mass is 294 g/mol. The highest BCUT2D eigenvalue weighted by Crippen LogP contribution is 2.16. The van der Waals surface area contributed by atoms with E-state index in [1.807, 2.05) is 54.6 Å². The van der Waals surface area contributed by atoms with Crippen molar-refractivity contribution in [3.8, 4) is 11.4 Å². The van der Waals surface area contributed by atoms with Gasteiger partial charge < -0.3 is 14.8 Å². The van der Waals surface area contributed by atoms with Crippen molar-refractivity contribution >= 4 is 12.6 Å². The molecule has 22 heavy (non-hydrogen) atoms. The first kappa shape index (κ1) is 14.4. The van der Waals surface area contributed by atoms with Gasteiger partial charge in [-0.05, 0) is 29.8 Å². The van der Waals surface area contributed by atoms with Gasteiger partial charge in [0.15, 0.2) is 0 Å². The highest BCUT2D eigenvalue weighted by Gasteiger charge is 2.13. The molecule has 0 unspecified atom stereocenters. The number of benzene rings is 2. The van der Waals surface area contributed by atoms with E-state index in [0.717, 1.165) is 17.0 Å². The maximum Gasteiger partial charge on any atom is 0.491 e. The first-order valence-corrected chi connectivity index (χ1v) is 6.90. The zero-order valence-corrected chi connectivity index (χ0v) is 11.8. The van der Waals surface area contributed by atoms with Gasteiger partial charge in [0.1, 0.15) is 12.4 Å². The van der Waals surface area contributed by atoms with Crippen molar-refractivity contribution in [2.45, 2.75) is 6.61 Å². The van der Waals surface area contributed by atoms with Gasteiger partial charge in [-0.25, -0.2) is 4.68 Å². The molecule has 0 amide bonds. The maximum absolute atomic E-state index is 9.09. The van der Waals surface area contributed by atoms with Crippen LogP contribution in [0.2, 0.25) is 0 Å². The van der Waals surface area contributed by atoms with Gasteiger partial charge in [0.25, 0.3) is 0 Å². The van der Waals surface area contributed by atoms with Crippen LogP contribution in [0.4, 0.5) is 0 Å². The number of ether oxygens (including phenoxy) is 1. The van der Waals surface area contributed by atoms with Gasteiger partial charge in [0.05, 0.1) is 5.69 Å². The van der Waals surface area contributed by atoms with Crippen molar-refractivity contribution in [3.63, 3.8) is 0 Å². The Morgan fingerprint density at radius 1 is 1.00 bits per heavy atom. The van der Waals surface area contributed by atoms with E-state index in [2.05, 4.69) is 5.10 Å². The Bertz CT molecular complexity index is 727. The predicted octanol–water partition coefficient (Wildman–Crippen LogP) is 1.13. The van der Waals surface area contributed by atoms with Crippen LogP contribution < -0.4 is 10.2 Å². The predicted molar refractivity (Wildman–Crippen MR) is 84.2 cm³/mol. The quantitative estimate of drug-likeness (QED) is 0.692. The number of aromatic nitrogens is 2. The average molecular weight is 294 g/mol. The molecule has 110 valence electrons. The van der Waals surface area contributed by atoms with E-state index in [1.165, 1.54) is 6.20 Å². The second kappa shape index (κ2) is 6.47. The topological polar surface area (TPSA) is 67.5 Å². The van der Waals surface area contributed by atoms with Crippen LogP contribution in [0.1, 0.15) is 5.56 Å². The van der Waals surface area contributed by atoms with Crippen LogP contribution in [-0.2, 0) is 6.61 Å². The van der Waals surface area contributed by atoms with Crippen LogP contribution in [0.15, 0.2) is 67.0 Å². The van der Waals surface area contributed by atoms with Crippen molar-refractivity contribution in [3.05, 3.63) is 72.6 Å². The number of nitrogens with zero attached hydrogens (tertiary/aromatic N) is 2. The molecule has 0 bridgehead atoms. The third-order valence-corrected chi connectivity index (χ3v) is 3.25. The van der Waals surface area contributed by atoms with Crippen molar-refractivity contribution in [2.24, 2.45) is 0 Å². The molecule has 1 heterocycles. The molecule has 0 aliphatic carbocycles. The number of hydrogen-bond acceptors (Lipinski definition) is 4. The summed E-state index contributed by atoms with van der Waals surface area (Å²) in [6, 6.07) is 17.4. The average Bonchev–Trinajstić information content (AvgIpc) is 3.05. The van der Waals surface area contributed by atoms with Crippen molar-refractivity contribution in [2.75, 3.05) is 0 Å². The van der Waals surface area contributed by atoms with Crippen LogP contribution in [0.5, 0.6) is 5.75 Å². The third-order valence-electron chi connectivity index (χ3n) is 3.25. The van der Waals surface area contributed by atoms with Crippen LogP contribution in [0, 0.1) is 0 Å². The zero-order chi connectivity index (χ0) is 15.4. The molecular formula is C16H15BN2O3. The minimum atomic E-state index is -1.51. The van der Waals surface area contributed by atoms with Crippen molar-refractivity contribution < 1.29 is 14.8 Å². The first-order valence-electron chi connectivity index (χ1n) is 6.90. The minimum absolute atomic E-state index is 0.351. The molecule has 5 nitrogen and oxygen atoms in total. The van der Waals surface area contributed by atoms with E-state index < -0.39 is 7.12 Å². The SMILES string of the molecule is OB(O)c1cnn(-c2ccc(OCc3ccccc3)cc2)c1. The summed E-state index contributed by atoms with van der Waals surface area (Å²) in [6.07, 6.45) is 3.00. The van der Waals surface area contributed by atoms with E-state index in [9.17, 15) is 0 Å². The molecule has 3 aromatic rings. The summed E-state index contributed by atoms with van der Waals surface area (Å²) >= 11 is 0. The molecule has 0 spiro atoms. The molecule has 0 aliphatic rings. The van der Waals surface area contributed by atoms with Crippen molar-refractivity contribution in [1.29, 1.82) is 0 Å². The van der Waals surface area contributed by atoms with Gasteiger partial charge in [-0.3, -0.25) is 0 Å². The first-order chi connectivity index (χ1) is 10.7. The molecular weight excluding hydrogens is 279 g/mol. The Morgan fingerprint density at radius 2 is 1.73 bits per heavy atom. The lowest BCUT2D eigenvalue weighted by atomic mass is 9.83. The molecule has 0 saturated heterocycles. The fourth-order valence-corrected chi connectivity index (χ4v) is 2.05. The van der Waals surface area contributed by atoms with E-state index in [-0.39, 0.29) is 0 Å². The molecule has 1 aromatic heterocycles. The molecule has 3 rings (SSSR count). The van der Waals surface area contributed by atoms with Gasteiger partial charge >= 0.3 is 7.12 Å². The largest absolute Gasteiger partial charge is 0.491 e. The normalized spacial score (nSPS) is 10.5. The molecule has 2 N–H and O–H groups in total. The van der Waals surface area contributed by atoms with E-state index >= 15 is 0 Å². The highest BCUT2D eigenvalue weighted by atomic mass is 16.5. The highest BCUT2D eigenvalue weighted by molar-refractivity contribution is 6.58. The van der Waals surface area contributed by atoms with Gasteiger partial charge in [0.2, 0.25) is 0 Å². The lowest BCUT2D eigenvalue weighted by Crippen LogP contribution is -2.28. The Balaban J connectivity index is 1.67. The molecule has 0 atom stereocenters. The van der Waals surface area contributed by atoms with Crippen molar-refractivity contribution in [1.82, 2.24) is 9.78 Å². The summed E-state index contributed by atoms with van der Waals surface area (Å²) in [6.45, 7) is 0.517. The standard InChI is InChI=1S/C16H15BN2O3/c20-17(21)14-10-18-19(11-14)15-6-8-16(9-7-15)22-12-13-4-2-1-3-5-13/h1-11,20-21H,12H2. The van der Waals surface area contributed by atoms with Crippen LogP contribution in [0.3, 0.4) is 0 Å². The van der Waals surface area contributed by atoms with Crippen LogP contribution in [-0.4, -0.2) is 26.9 Å². The van der Waals surface area contributed by atoms with E-state index in [0.29, 0.717) is 12.1 Å². The molecule has 0 aliphatic heterocycles. The molecule has 0 fully saturated rings.